The van der Waals surface area contributed by atoms with Gasteiger partial charge in [0.1, 0.15) is 5.75 Å². The first-order valence-electron chi connectivity index (χ1n) is 7.82. The fraction of sp³-hybridized carbons (Fsp3) is 0.500. The van der Waals surface area contributed by atoms with Gasteiger partial charge in [-0.2, -0.15) is 0 Å². The van der Waals surface area contributed by atoms with Crippen LogP contribution in [0.3, 0.4) is 0 Å². The molecule has 2 N–H and O–H groups in total. The maximum Gasteiger partial charge on any atom is 0.331 e. The Morgan fingerprint density at radius 2 is 2.00 bits per heavy atom. The summed E-state index contributed by atoms with van der Waals surface area (Å²) in [5.74, 6) is 0.0446. The maximum absolute atomic E-state index is 12.8. The van der Waals surface area contributed by atoms with Crippen LogP contribution in [-0.4, -0.2) is 27.3 Å². The quantitative estimate of drug-likeness (QED) is 0.893. The Hall–Kier alpha value is -2.08. The highest BCUT2D eigenvalue weighted by atomic mass is 16.3. The van der Waals surface area contributed by atoms with E-state index in [2.05, 4.69) is 5.32 Å². The van der Waals surface area contributed by atoms with Gasteiger partial charge in [0.2, 0.25) is 0 Å². The van der Waals surface area contributed by atoms with Crippen LogP contribution in [0, 0.1) is 0 Å². The van der Waals surface area contributed by atoms with E-state index in [1.165, 1.54) is 16.7 Å². The molecule has 1 aliphatic rings. The van der Waals surface area contributed by atoms with Crippen molar-refractivity contribution in [1.82, 2.24) is 14.5 Å². The van der Waals surface area contributed by atoms with Crippen molar-refractivity contribution < 1.29 is 5.11 Å². The molecule has 0 atom stereocenters. The zero-order valence-electron chi connectivity index (χ0n) is 12.7. The molecule has 6 heteroatoms. The molecule has 1 aromatic carbocycles. The van der Waals surface area contributed by atoms with Crippen molar-refractivity contribution in [3.05, 3.63) is 39.0 Å². The Bertz CT molecular complexity index is 801. The number of piperidine rings is 1. The first kappa shape index (κ1) is 14.8. The molecular weight excluding hydrogens is 282 g/mol. The third-order valence-electron chi connectivity index (χ3n) is 4.28. The van der Waals surface area contributed by atoms with E-state index >= 15 is 0 Å². The molecule has 0 unspecified atom stereocenters. The van der Waals surface area contributed by atoms with Crippen molar-refractivity contribution in [2.45, 2.75) is 38.8 Å². The minimum atomic E-state index is -0.296. The Morgan fingerprint density at radius 1 is 1.27 bits per heavy atom. The van der Waals surface area contributed by atoms with E-state index in [4.69, 9.17) is 0 Å². The largest absolute Gasteiger partial charge is 0.508 e. The molecule has 6 nitrogen and oxygen atoms in total. The predicted octanol–water partition coefficient (Wildman–Crippen LogP) is 1.20. The molecule has 0 aliphatic carbocycles. The van der Waals surface area contributed by atoms with Crippen molar-refractivity contribution in [3.63, 3.8) is 0 Å². The number of benzene rings is 1. The lowest BCUT2D eigenvalue weighted by atomic mass is 10.1. The van der Waals surface area contributed by atoms with Crippen LogP contribution in [0.15, 0.2) is 27.8 Å². The Balaban J connectivity index is 2.31. The molecule has 0 bridgehead atoms. The average Bonchev–Trinajstić information content (AvgIpc) is 2.53. The van der Waals surface area contributed by atoms with E-state index < -0.39 is 0 Å². The molecule has 2 aromatic rings. The highest BCUT2D eigenvalue weighted by Gasteiger charge is 2.22. The molecule has 0 amide bonds. The number of hydrogen-bond acceptors (Lipinski definition) is 4. The molecule has 2 heterocycles. The number of phenols is 1. The topological polar surface area (TPSA) is 76.3 Å². The summed E-state index contributed by atoms with van der Waals surface area (Å²) in [4.78, 5) is 25.6. The monoisotopic (exact) mass is 303 g/mol. The van der Waals surface area contributed by atoms with Gasteiger partial charge in [-0.05, 0) is 50.6 Å². The first-order chi connectivity index (χ1) is 10.6. The van der Waals surface area contributed by atoms with E-state index in [0.29, 0.717) is 17.4 Å². The molecule has 1 aliphatic heterocycles. The summed E-state index contributed by atoms with van der Waals surface area (Å²) in [6.45, 7) is 4.18. The molecule has 1 fully saturated rings. The van der Waals surface area contributed by atoms with E-state index in [9.17, 15) is 14.7 Å². The van der Waals surface area contributed by atoms with Gasteiger partial charge in [0, 0.05) is 12.6 Å². The normalized spacial score (nSPS) is 16.2. The van der Waals surface area contributed by atoms with Crippen molar-refractivity contribution in [2.75, 3.05) is 13.1 Å². The number of phenolic OH excluding ortho intramolecular Hbond substituents is 1. The summed E-state index contributed by atoms with van der Waals surface area (Å²) >= 11 is 0. The van der Waals surface area contributed by atoms with Crippen LogP contribution in [0.2, 0.25) is 0 Å². The minimum absolute atomic E-state index is 0.0446. The molecule has 118 valence electrons. The van der Waals surface area contributed by atoms with Crippen LogP contribution in [0.25, 0.3) is 10.9 Å². The fourth-order valence-corrected chi connectivity index (χ4v) is 3.21. The van der Waals surface area contributed by atoms with Gasteiger partial charge in [-0.3, -0.25) is 13.9 Å². The number of aromatic nitrogens is 2. The minimum Gasteiger partial charge on any atom is -0.508 e. The SMILES string of the molecule is CCCn1c(=O)n(C2CCNCC2)c(=O)c2cc(O)ccc21. The number of aryl methyl sites for hydroxylation is 1. The predicted molar refractivity (Wildman–Crippen MR) is 85.6 cm³/mol. The van der Waals surface area contributed by atoms with Gasteiger partial charge in [-0.1, -0.05) is 6.92 Å². The number of nitrogens with one attached hydrogen (secondary N) is 1. The highest BCUT2D eigenvalue weighted by Crippen LogP contribution is 2.19. The van der Waals surface area contributed by atoms with Gasteiger partial charge >= 0.3 is 5.69 Å². The Morgan fingerprint density at radius 3 is 2.68 bits per heavy atom. The summed E-state index contributed by atoms with van der Waals surface area (Å²) in [7, 11) is 0. The van der Waals surface area contributed by atoms with Crippen LogP contribution < -0.4 is 16.6 Å². The molecule has 0 spiro atoms. The maximum atomic E-state index is 12.8. The van der Waals surface area contributed by atoms with Crippen molar-refractivity contribution in [2.24, 2.45) is 0 Å². The zero-order chi connectivity index (χ0) is 15.7. The number of rotatable bonds is 3. The lowest BCUT2D eigenvalue weighted by Gasteiger charge is -2.25. The van der Waals surface area contributed by atoms with Gasteiger partial charge in [0.05, 0.1) is 10.9 Å². The van der Waals surface area contributed by atoms with E-state index in [1.807, 2.05) is 6.92 Å². The molecule has 1 saturated heterocycles. The molecule has 0 radical (unpaired) electrons. The number of nitrogens with zero attached hydrogens (tertiary/aromatic N) is 2. The lowest BCUT2D eigenvalue weighted by molar-refractivity contribution is 0.345. The summed E-state index contributed by atoms with van der Waals surface area (Å²) in [6.07, 6.45) is 2.34. The molecule has 22 heavy (non-hydrogen) atoms. The van der Waals surface area contributed by atoms with Gasteiger partial charge in [-0.25, -0.2) is 4.79 Å². The van der Waals surface area contributed by atoms with Gasteiger partial charge in [0.15, 0.2) is 0 Å². The third kappa shape index (κ3) is 2.43. The van der Waals surface area contributed by atoms with E-state index in [1.54, 1.807) is 10.6 Å². The summed E-state index contributed by atoms with van der Waals surface area (Å²) in [6, 6.07) is 4.55. The average molecular weight is 303 g/mol. The second-order valence-electron chi connectivity index (χ2n) is 5.79. The number of hydrogen-bond donors (Lipinski definition) is 2. The molecule has 0 saturated carbocycles. The Labute approximate surface area is 128 Å². The lowest BCUT2D eigenvalue weighted by Crippen LogP contribution is -2.45. The molecular formula is C16H21N3O3. The van der Waals surface area contributed by atoms with Gasteiger partial charge in [0.25, 0.3) is 5.56 Å². The van der Waals surface area contributed by atoms with Gasteiger partial charge < -0.3 is 10.4 Å². The summed E-state index contributed by atoms with van der Waals surface area (Å²) in [5, 5.41) is 13.4. The van der Waals surface area contributed by atoms with Crippen LogP contribution in [0.5, 0.6) is 5.75 Å². The summed E-state index contributed by atoms with van der Waals surface area (Å²) in [5.41, 5.74) is 0.0620. The second-order valence-corrected chi connectivity index (χ2v) is 5.79. The standard InChI is InChI=1S/C16H21N3O3/c1-2-9-18-14-4-3-12(20)10-13(14)15(21)19(16(18)22)11-5-7-17-8-6-11/h3-4,10-11,17,20H,2,5-9H2,1H3. The first-order valence-corrected chi connectivity index (χ1v) is 7.82. The van der Waals surface area contributed by atoms with Crippen LogP contribution in [-0.2, 0) is 6.54 Å². The fourth-order valence-electron chi connectivity index (χ4n) is 3.21. The van der Waals surface area contributed by atoms with Crippen LogP contribution in [0.1, 0.15) is 32.2 Å². The van der Waals surface area contributed by atoms with Crippen molar-refractivity contribution in [1.29, 1.82) is 0 Å². The third-order valence-corrected chi connectivity index (χ3v) is 4.28. The highest BCUT2D eigenvalue weighted by molar-refractivity contribution is 5.79. The number of fused-ring (bicyclic) bond motifs is 1. The number of aromatic hydroxyl groups is 1. The van der Waals surface area contributed by atoms with Crippen molar-refractivity contribution in [3.8, 4) is 5.75 Å². The smallest absolute Gasteiger partial charge is 0.331 e. The summed E-state index contributed by atoms with van der Waals surface area (Å²) < 4.78 is 3.04. The molecule has 3 rings (SSSR count). The second kappa shape index (κ2) is 5.96. The Kier molecular flexibility index (Phi) is 4.02. The van der Waals surface area contributed by atoms with E-state index in [-0.39, 0.29) is 23.0 Å². The van der Waals surface area contributed by atoms with Crippen molar-refractivity contribution >= 4 is 10.9 Å². The van der Waals surface area contributed by atoms with Crippen LogP contribution >= 0.6 is 0 Å². The zero-order valence-corrected chi connectivity index (χ0v) is 12.7. The van der Waals surface area contributed by atoms with Crippen LogP contribution in [0.4, 0.5) is 0 Å². The van der Waals surface area contributed by atoms with Gasteiger partial charge in [-0.15, -0.1) is 0 Å². The van der Waals surface area contributed by atoms with E-state index in [0.717, 1.165) is 32.4 Å². The molecule has 1 aromatic heterocycles.